The van der Waals surface area contributed by atoms with Gasteiger partial charge in [-0.15, -0.1) is 0 Å². The number of para-hydroxylation sites is 8. The van der Waals surface area contributed by atoms with Crippen molar-refractivity contribution >= 4 is 163 Å². The van der Waals surface area contributed by atoms with Gasteiger partial charge in [-0.2, -0.15) is 29.9 Å². The molecule has 0 aliphatic rings. The first-order valence-corrected chi connectivity index (χ1v) is 48.4. The first kappa shape index (κ1) is 82.5. The summed E-state index contributed by atoms with van der Waals surface area (Å²) in [6.07, 6.45) is 0. The van der Waals surface area contributed by atoms with E-state index in [9.17, 15) is 0 Å². The van der Waals surface area contributed by atoms with Crippen molar-refractivity contribution in [1.29, 1.82) is 0 Å². The van der Waals surface area contributed by atoms with Crippen LogP contribution in [0.25, 0.3) is 266 Å². The number of hydrogen-bond acceptors (Lipinski definition) is 9. The summed E-state index contributed by atoms with van der Waals surface area (Å²) in [5.41, 5.74) is 22.2. The molecule has 0 atom stereocenters. The molecule has 0 bridgehead atoms. The van der Waals surface area contributed by atoms with Crippen molar-refractivity contribution in [2.24, 2.45) is 0 Å². The quantitative estimate of drug-likeness (QED) is 0.117. The third-order valence-corrected chi connectivity index (χ3v) is 28.0. The zero-order valence-corrected chi connectivity index (χ0v) is 77.5. The lowest BCUT2D eigenvalue weighted by Gasteiger charge is -2.14. The van der Waals surface area contributed by atoms with Crippen LogP contribution in [0.15, 0.2) is 491 Å². The van der Waals surface area contributed by atoms with E-state index in [4.69, 9.17) is 44.9 Å². The van der Waals surface area contributed by atoms with Gasteiger partial charge < -0.3 is 13.7 Å². The number of nitrogens with zero attached hydrogens (tertiary/aromatic N) is 15. The minimum atomic E-state index is 0.579. The van der Waals surface area contributed by atoms with E-state index in [-0.39, 0.29) is 0 Å². The standard InChI is InChI=1S/3C43H27N5/c1-4-14-28(15-5-1)41-44-42(29-16-6-2-7-17-29)46-43(45-41)48-38-23-13-10-20-32(38)34-25-24-30-26-39-36(27-35(30)40(34)48)33-21-11-12-22-37(33)47(39)31-18-8-3-9-19-31;1-4-16-28(17-5-1)41-44-42(29-18-6-2-7-19-29)46-43(45-41)48-36-27-15-13-25-34(36)38-32-23-11-10-22-31(32)37-33-24-12-14-26-35(33)47(39(37)40(38)48)30-20-8-3-9-21-30;1-4-15-29(16-5-1)41-44-42(30-17-6-2-7-18-30)46-43(45-41)48-36-23-13-12-22-33(36)34-25-26-35-38-32-21-11-10-14-28(32)24-27-37(38)47(40(35)39(34)48)31-19-8-3-9-20-31/h3*1-27H. The summed E-state index contributed by atoms with van der Waals surface area (Å²) in [5, 5.41) is 21.4. The maximum absolute atomic E-state index is 5.25. The van der Waals surface area contributed by atoms with Gasteiger partial charge in [-0.05, 0) is 112 Å². The van der Waals surface area contributed by atoms with E-state index in [1.54, 1.807) is 0 Å². The van der Waals surface area contributed by atoms with Crippen molar-refractivity contribution in [3.05, 3.63) is 491 Å². The van der Waals surface area contributed by atoms with Crippen LogP contribution in [0.2, 0.25) is 0 Å². The highest BCUT2D eigenvalue weighted by molar-refractivity contribution is 6.37. The van der Waals surface area contributed by atoms with Gasteiger partial charge in [-0.3, -0.25) is 13.7 Å². The number of fused-ring (bicyclic) bond motifs is 27. The second-order valence-corrected chi connectivity index (χ2v) is 36.2. The molecule has 0 amide bonds. The van der Waals surface area contributed by atoms with Gasteiger partial charge >= 0.3 is 0 Å². The molecular formula is C129H81N15. The van der Waals surface area contributed by atoms with Crippen molar-refractivity contribution in [2.45, 2.75) is 0 Å². The van der Waals surface area contributed by atoms with Crippen molar-refractivity contribution in [3.63, 3.8) is 0 Å². The van der Waals surface area contributed by atoms with E-state index in [0.717, 1.165) is 143 Å². The Balaban J connectivity index is 0.000000105. The Morgan fingerprint density at radius 3 is 0.812 bits per heavy atom. The lowest BCUT2D eigenvalue weighted by atomic mass is 9.98. The predicted molar refractivity (Wildman–Crippen MR) is 591 cm³/mol. The third-order valence-electron chi connectivity index (χ3n) is 28.0. The monoisotopic (exact) mass is 1840 g/mol. The van der Waals surface area contributed by atoms with Crippen LogP contribution in [0, 0.1) is 0 Å². The van der Waals surface area contributed by atoms with Crippen molar-refractivity contribution in [3.8, 4) is 103 Å². The zero-order chi connectivity index (χ0) is 94.8. The molecule has 15 nitrogen and oxygen atoms in total. The van der Waals surface area contributed by atoms with Crippen LogP contribution in [0.5, 0.6) is 0 Å². The van der Waals surface area contributed by atoms with Crippen LogP contribution in [-0.2, 0) is 0 Å². The minimum absolute atomic E-state index is 0.579. The van der Waals surface area contributed by atoms with E-state index < -0.39 is 0 Å². The summed E-state index contributed by atoms with van der Waals surface area (Å²) < 4.78 is 13.9. The molecule has 0 spiro atoms. The maximum atomic E-state index is 5.25. The molecule has 0 radical (unpaired) electrons. The molecule has 0 unspecified atom stereocenters. The molecule has 9 aromatic heterocycles. The van der Waals surface area contributed by atoms with E-state index >= 15 is 0 Å². The summed E-state index contributed by atoms with van der Waals surface area (Å²) in [6, 6.07) is 172. The van der Waals surface area contributed by atoms with Crippen LogP contribution in [-0.4, -0.2) is 72.3 Å². The largest absolute Gasteiger partial charge is 0.309 e. The Hall–Kier alpha value is -19.8. The second-order valence-electron chi connectivity index (χ2n) is 36.2. The number of aromatic nitrogens is 15. The molecule has 0 aliphatic heterocycles. The van der Waals surface area contributed by atoms with Crippen molar-refractivity contribution in [2.75, 3.05) is 0 Å². The van der Waals surface area contributed by atoms with Crippen LogP contribution >= 0.6 is 0 Å². The molecule has 0 saturated heterocycles. The first-order chi connectivity index (χ1) is 71.5. The topological polar surface area (TPSA) is 146 Å². The van der Waals surface area contributed by atoms with Gasteiger partial charge in [0.1, 0.15) is 0 Å². The van der Waals surface area contributed by atoms with Gasteiger partial charge in [0.05, 0.1) is 66.2 Å². The molecule has 0 fully saturated rings. The van der Waals surface area contributed by atoms with Gasteiger partial charge in [-0.1, -0.05) is 406 Å². The van der Waals surface area contributed by atoms with E-state index in [1.807, 2.05) is 133 Å². The zero-order valence-electron chi connectivity index (χ0n) is 77.5. The average Bonchev–Trinajstić information content (AvgIpc) is 1.48. The van der Waals surface area contributed by atoms with Crippen molar-refractivity contribution < 1.29 is 0 Å². The van der Waals surface area contributed by atoms with E-state index in [0.29, 0.717) is 52.8 Å². The van der Waals surface area contributed by atoms with Gasteiger partial charge in [0.15, 0.2) is 34.9 Å². The SMILES string of the molecule is c1ccc(-c2nc(-c3ccccc3)nc(-n3c4ccccc4c4c5ccccc5c5c6ccccc6n(-c6ccccc6)c5c43)n2)cc1.c1ccc(-c2nc(-c3ccccc3)nc(-n3c4ccccc4c4ccc5c6c7ccccc7ccc6n(-c6ccccc6)c5c43)n2)cc1.c1ccc(-c2nc(-c3ccccc3)nc(-n3c4ccccc4c4ccc5cc6c(cc5c43)c3ccccc3n6-c3ccccc3)n2)cc1. The van der Waals surface area contributed by atoms with E-state index in [1.165, 1.54) is 70.3 Å². The molecular weight excluding hydrogens is 1760 g/mol. The summed E-state index contributed by atoms with van der Waals surface area (Å²) >= 11 is 0. The summed E-state index contributed by atoms with van der Waals surface area (Å²) in [4.78, 5) is 46.3. The maximum Gasteiger partial charge on any atom is 0.238 e. The predicted octanol–water partition coefficient (Wildman–Crippen LogP) is 31.7. The highest BCUT2D eigenvalue weighted by Crippen LogP contribution is 2.50. The fraction of sp³-hybridized carbons (Fsp3) is 0. The van der Waals surface area contributed by atoms with Crippen LogP contribution in [0.4, 0.5) is 0 Å². The molecule has 0 saturated carbocycles. The minimum Gasteiger partial charge on any atom is -0.309 e. The Morgan fingerprint density at radius 2 is 0.396 bits per heavy atom. The number of benzene rings is 21. The molecule has 21 aromatic carbocycles. The molecule has 15 heteroatoms. The third kappa shape index (κ3) is 13.5. The normalized spacial score (nSPS) is 11.8. The Bertz CT molecular complexity index is 10100. The number of rotatable bonds is 12. The van der Waals surface area contributed by atoms with Gasteiger partial charge in [-0.25, -0.2) is 15.0 Å². The highest BCUT2D eigenvalue weighted by atomic mass is 15.2. The van der Waals surface area contributed by atoms with Crippen LogP contribution in [0.3, 0.4) is 0 Å². The highest BCUT2D eigenvalue weighted by Gasteiger charge is 2.30. The Labute approximate surface area is 824 Å². The average molecular weight is 1840 g/mol. The molecule has 672 valence electrons. The van der Waals surface area contributed by atoms with Crippen molar-refractivity contribution in [1.82, 2.24) is 72.3 Å². The first-order valence-electron chi connectivity index (χ1n) is 48.4. The molecule has 144 heavy (non-hydrogen) atoms. The lowest BCUT2D eigenvalue weighted by molar-refractivity contribution is 0.953. The van der Waals surface area contributed by atoms with E-state index in [2.05, 4.69) is 385 Å². The Kier molecular flexibility index (Phi) is 19.6. The summed E-state index contributed by atoms with van der Waals surface area (Å²) in [5.74, 6) is 5.55. The summed E-state index contributed by atoms with van der Waals surface area (Å²) in [7, 11) is 0. The molecule has 0 N–H and O–H groups in total. The molecule has 0 aliphatic carbocycles. The van der Waals surface area contributed by atoms with Crippen LogP contribution in [0.1, 0.15) is 0 Å². The second kappa shape index (κ2) is 34.1. The number of hydrogen-bond donors (Lipinski definition) is 0. The molecule has 9 heterocycles. The lowest BCUT2D eigenvalue weighted by Crippen LogP contribution is -2.07. The van der Waals surface area contributed by atoms with Gasteiger partial charge in [0, 0.05) is 120 Å². The molecule has 30 aromatic rings. The fourth-order valence-electron chi connectivity index (χ4n) is 21.8. The smallest absolute Gasteiger partial charge is 0.238 e. The Morgan fingerprint density at radius 1 is 0.125 bits per heavy atom. The molecule has 30 rings (SSSR count). The van der Waals surface area contributed by atoms with Gasteiger partial charge in [0.2, 0.25) is 17.8 Å². The fourth-order valence-corrected chi connectivity index (χ4v) is 21.8. The van der Waals surface area contributed by atoms with Crippen LogP contribution < -0.4 is 0 Å². The summed E-state index contributed by atoms with van der Waals surface area (Å²) in [6.45, 7) is 0. The van der Waals surface area contributed by atoms with Gasteiger partial charge in [0.25, 0.3) is 0 Å².